The van der Waals surface area contributed by atoms with Crippen molar-refractivity contribution in [2.75, 3.05) is 18.5 Å². The zero-order valence-electron chi connectivity index (χ0n) is 9.74. The van der Waals surface area contributed by atoms with Gasteiger partial charge in [-0.05, 0) is 18.2 Å². The highest BCUT2D eigenvalue weighted by Crippen LogP contribution is 2.15. The van der Waals surface area contributed by atoms with Gasteiger partial charge < -0.3 is 10.1 Å². The molecule has 0 saturated carbocycles. The van der Waals surface area contributed by atoms with Crippen molar-refractivity contribution < 1.29 is 9.53 Å². The maximum Gasteiger partial charge on any atom is 0.222 e. The van der Waals surface area contributed by atoms with Gasteiger partial charge in [0.15, 0.2) is 6.29 Å². The summed E-state index contributed by atoms with van der Waals surface area (Å²) in [4.78, 5) is 18.8. The Hall–Kier alpha value is -2.43. The zero-order chi connectivity index (χ0) is 12.6. The Balaban J connectivity index is 1.80. The van der Waals surface area contributed by atoms with E-state index in [1.54, 1.807) is 36.7 Å². The molecule has 1 heterocycles. The fourth-order valence-corrected chi connectivity index (χ4v) is 1.42. The number of hydrogen-bond donors (Lipinski definition) is 1. The minimum Gasteiger partial charge on any atom is -0.491 e. The van der Waals surface area contributed by atoms with Crippen LogP contribution in [0.25, 0.3) is 0 Å². The second kappa shape index (κ2) is 6.34. The number of nitrogens with zero attached hydrogens (tertiary/aromatic N) is 2. The van der Waals surface area contributed by atoms with E-state index in [1.807, 2.05) is 6.07 Å². The van der Waals surface area contributed by atoms with Gasteiger partial charge in [-0.25, -0.2) is 9.97 Å². The molecule has 5 nitrogen and oxygen atoms in total. The van der Waals surface area contributed by atoms with E-state index in [4.69, 9.17) is 4.74 Å². The lowest BCUT2D eigenvalue weighted by atomic mass is 10.2. The SMILES string of the molecule is O=Cc1ccccc1OCCNc1ncccn1. The van der Waals surface area contributed by atoms with Crippen LogP contribution in [0, 0.1) is 0 Å². The topological polar surface area (TPSA) is 64.1 Å². The molecule has 5 heteroatoms. The van der Waals surface area contributed by atoms with Gasteiger partial charge >= 0.3 is 0 Å². The summed E-state index contributed by atoms with van der Waals surface area (Å²) >= 11 is 0. The molecule has 0 aliphatic carbocycles. The molecule has 92 valence electrons. The Bertz CT molecular complexity index is 503. The molecule has 18 heavy (non-hydrogen) atoms. The number of rotatable bonds is 6. The number of anilines is 1. The maximum atomic E-state index is 10.8. The first-order valence-corrected chi connectivity index (χ1v) is 5.58. The van der Waals surface area contributed by atoms with Crippen molar-refractivity contribution in [2.45, 2.75) is 0 Å². The molecule has 1 aromatic heterocycles. The summed E-state index contributed by atoms with van der Waals surface area (Å²) in [5.74, 6) is 1.15. The molecule has 0 spiro atoms. The molecule has 0 radical (unpaired) electrons. The van der Waals surface area contributed by atoms with Gasteiger partial charge in [-0.3, -0.25) is 4.79 Å². The van der Waals surface area contributed by atoms with E-state index in [1.165, 1.54) is 0 Å². The van der Waals surface area contributed by atoms with Crippen molar-refractivity contribution in [3.8, 4) is 5.75 Å². The summed E-state index contributed by atoms with van der Waals surface area (Å²) in [6.45, 7) is 1.00. The van der Waals surface area contributed by atoms with Crippen molar-refractivity contribution in [3.05, 3.63) is 48.3 Å². The van der Waals surface area contributed by atoms with Crippen molar-refractivity contribution >= 4 is 12.2 Å². The lowest BCUT2D eigenvalue weighted by molar-refractivity contribution is 0.111. The number of para-hydroxylation sites is 1. The van der Waals surface area contributed by atoms with E-state index >= 15 is 0 Å². The van der Waals surface area contributed by atoms with E-state index in [2.05, 4.69) is 15.3 Å². The first-order valence-electron chi connectivity index (χ1n) is 5.58. The number of carbonyl (C=O) groups is 1. The van der Waals surface area contributed by atoms with Crippen LogP contribution in [0.15, 0.2) is 42.7 Å². The lowest BCUT2D eigenvalue weighted by Crippen LogP contribution is -2.13. The molecule has 2 rings (SSSR count). The van der Waals surface area contributed by atoms with Crippen molar-refractivity contribution in [1.29, 1.82) is 0 Å². The summed E-state index contributed by atoms with van der Waals surface area (Å²) < 4.78 is 5.50. The average molecular weight is 243 g/mol. The minimum atomic E-state index is 0.434. The van der Waals surface area contributed by atoms with Crippen LogP contribution in [0.2, 0.25) is 0 Å². The Morgan fingerprint density at radius 2 is 1.94 bits per heavy atom. The number of ether oxygens (including phenoxy) is 1. The number of hydrogen-bond acceptors (Lipinski definition) is 5. The molecule has 0 aliphatic heterocycles. The van der Waals surface area contributed by atoms with E-state index < -0.39 is 0 Å². The van der Waals surface area contributed by atoms with Crippen LogP contribution in [-0.4, -0.2) is 29.4 Å². The highest BCUT2D eigenvalue weighted by molar-refractivity contribution is 5.79. The van der Waals surface area contributed by atoms with Gasteiger partial charge in [-0.15, -0.1) is 0 Å². The number of nitrogens with one attached hydrogen (secondary N) is 1. The zero-order valence-corrected chi connectivity index (χ0v) is 9.74. The molecule has 0 amide bonds. The Morgan fingerprint density at radius 1 is 1.17 bits per heavy atom. The molecular formula is C13H13N3O2. The second-order valence-corrected chi connectivity index (χ2v) is 3.50. The molecule has 2 aromatic rings. The van der Waals surface area contributed by atoms with Crippen LogP contribution in [0.4, 0.5) is 5.95 Å². The smallest absolute Gasteiger partial charge is 0.222 e. The summed E-state index contributed by atoms with van der Waals surface area (Å²) in [7, 11) is 0. The van der Waals surface area contributed by atoms with E-state index in [0.29, 0.717) is 30.4 Å². The summed E-state index contributed by atoms with van der Waals surface area (Å²) in [5, 5.41) is 3.02. The predicted molar refractivity (Wildman–Crippen MR) is 67.8 cm³/mol. The highest BCUT2D eigenvalue weighted by Gasteiger charge is 2.00. The third-order valence-electron chi connectivity index (χ3n) is 2.25. The largest absolute Gasteiger partial charge is 0.491 e. The predicted octanol–water partition coefficient (Wildman–Crippen LogP) is 1.78. The first-order chi connectivity index (χ1) is 8.90. The molecule has 0 unspecified atom stereocenters. The molecule has 1 N–H and O–H groups in total. The number of benzene rings is 1. The lowest BCUT2D eigenvalue weighted by Gasteiger charge is -2.08. The van der Waals surface area contributed by atoms with Crippen LogP contribution >= 0.6 is 0 Å². The van der Waals surface area contributed by atoms with Gasteiger partial charge in [0.05, 0.1) is 12.1 Å². The van der Waals surface area contributed by atoms with Gasteiger partial charge in [-0.2, -0.15) is 0 Å². The molecule has 0 bridgehead atoms. The third-order valence-corrected chi connectivity index (χ3v) is 2.25. The molecule has 0 fully saturated rings. The number of carbonyl (C=O) groups excluding carboxylic acids is 1. The fraction of sp³-hybridized carbons (Fsp3) is 0.154. The van der Waals surface area contributed by atoms with Gasteiger partial charge in [0.2, 0.25) is 5.95 Å². The Kier molecular flexibility index (Phi) is 4.24. The summed E-state index contributed by atoms with van der Waals surface area (Å²) in [5.41, 5.74) is 0.550. The van der Waals surface area contributed by atoms with Crippen LogP contribution < -0.4 is 10.1 Å². The third kappa shape index (κ3) is 3.28. The molecule has 0 atom stereocenters. The molecule has 0 aliphatic rings. The average Bonchev–Trinajstić information content (AvgIpc) is 2.45. The van der Waals surface area contributed by atoms with Crippen LogP contribution in [-0.2, 0) is 0 Å². The summed E-state index contributed by atoms with van der Waals surface area (Å²) in [6.07, 6.45) is 4.11. The Labute approximate surface area is 105 Å². The maximum absolute atomic E-state index is 10.8. The van der Waals surface area contributed by atoms with Gasteiger partial charge in [-0.1, -0.05) is 12.1 Å². The number of aldehydes is 1. The van der Waals surface area contributed by atoms with Crippen molar-refractivity contribution in [1.82, 2.24) is 9.97 Å². The second-order valence-electron chi connectivity index (χ2n) is 3.50. The quantitative estimate of drug-likeness (QED) is 0.619. The van der Waals surface area contributed by atoms with E-state index in [-0.39, 0.29) is 0 Å². The first kappa shape index (κ1) is 12.0. The highest BCUT2D eigenvalue weighted by atomic mass is 16.5. The van der Waals surface area contributed by atoms with Gasteiger partial charge in [0.25, 0.3) is 0 Å². The van der Waals surface area contributed by atoms with Gasteiger partial charge in [0, 0.05) is 12.4 Å². The standard InChI is InChI=1S/C13H13N3O2/c17-10-11-4-1-2-5-12(11)18-9-8-16-13-14-6-3-7-15-13/h1-7,10H,8-9H2,(H,14,15,16). The van der Waals surface area contributed by atoms with Crippen molar-refractivity contribution in [3.63, 3.8) is 0 Å². The van der Waals surface area contributed by atoms with E-state index in [9.17, 15) is 4.79 Å². The molecular weight excluding hydrogens is 230 g/mol. The van der Waals surface area contributed by atoms with Crippen LogP contribution in [0.3, 0.4) is 0 Å². The normalized spacial score (nSPS) is 9.78. The van der Waals surface area contributed by atoms with Crippen LogP contribution in [0.5, 0.6) is 5.75 Å². The van der Waals surface area contributed by atoms with Crippen molar-refractivity contribution in [2.24, 2.45) is 0 Å². The molecule has 0 saturated heterocycles. The summed E-state index contributed by atoms with van der Waals surface area (Å²) in [6, 6.07) is 8.86. The molecule has 1 aromatic carbocycles. The van der Waals surface area contributed by atoms with Crippen LogP contribution in [0.1, 0.15) is 10.4 Å². The van der Waals surface area contributed by atoms with E-state index in [0.717, 1.165) is 6.29 Å². The Morgan fingerprint density at radius 3 is 2.72 bits per heavy atom. The van der Waals surface area contributed by atoms with Gasteiger partial charge in [0.1, 0.15) is 12.4 Å². The minimum absolute atomic E-state index is 0.434. The monoisotopic (exact) mass is 243 g/mol. The number of aromatic nitrogens is 2. The fourth-order valence-electron chi connectivity index (χ4n) is 1.42.